The van der Waals surface area contributed by atoms with Gasteiger partial charge in [0, 0.05) is 0 Å². The lowest BCUT2D eigenvalue weighted by Crippen LogP contribution is -2.12. The minimum absolute atomic E-state index is 0.320. The first-order valence-corrected chi connectivity index (χ1v) is 4.93. The molecule has 14 heavy (non-hydrogen) atoms. The first-order chi connectivity index (χ1) is 6.56. The van der Waals surface area contributed by atoms with Crippen LogP contribution in [-0.4, -0.2) is 13.2 Å². The van der Waals surface area contributed by atoms with Crippen molar-refractivity contribution in [2.24, 2.45) is 0 Å². The lowest BCUT2D eigenvalue weighted by atomic mass is 10.2. The Bertz CT molecular complexity index is 368. The molecule has 0 spiro atoms. The predicted molar refractivity (Wildman–Crippen MR) is 59.9 cm³/mol. The summed E-state index contributed by atoms with van der Waals surface area (Å²) >= 11 is 1.83. The number of aryl methyl sites for hydroxylation is 1. The van der Waals surface area contributed by atoms with Crippen LogP contribution in [0.25, 0.3) is 0 Å². The Morgan fingerprint density at radius 1 is 1.57 bits per heavy atom. The number of anilines is 1. The zero-order valence-electron chi connectivity index (χ0n) is 7.73. The third kappa shape index (κ3) is 2.34. The summed E-state index contributed by atoms with van der Waals surface area (Å²) in [5.41, 5.74) is 0.963. The van der Waals surface area contributed by atoms with Crippen molar-refractivity contribution in [1.29, 1.82) is 0 Å². The molecule has 76 valence electrons. The van der Waals surface area contributed by atoms with Gasteiger partial charge in [0.15, 0.2) is 0 Å². The Hall–Kier alpha value is -0.850. The van der Waals surface area contributed by atoms with Gasteiger partial charge in [-0.2, -0.15) is 0 Å². The molecule has 5 heteroatoms. The summed E-state index contributed by atoms with van der Waals surface area (Å²) in [7, 11) is 1.26. The van der Waals surface area contributed by atoms with Crippen molar-refractivity contribution in [3.8, 4) is 0 Å². The van der Waals surface area contributed by atoms with Crippen LogP contribution in [0.5, 0.6) is 0 Å². The zero-order valence-corrected chi connectivity index (χ0v) is 9.88. The summed E-state index contributed by atoms with van der Waals surface area (Å²) < 4.78 is 18.1. The van der Waals surface area contributed by atoms with Gasteiger partial charge in [0.2, 0.25) is 0 Å². The van der Waals surface area contributed by atoms with Gasteiger partial charge in [-0.15, -0.1) is 0 Å². The molecule has 1 aromatic rings. The Labute approximate surface area is 94.8 Å². The molecule has 1 N–H and O–H groups in total. The molecule has 1 amide bonds. The van der Waals surface area contributed by atoms with E-state index < -0.39 is 6.09 Å². The van der Waals surface area contributed by atoms with Crippen molar-refractivity contribution in [1.82, 2.24) is 0 Å². The molecule has 0 aliphatic carbocycles. The average Bonchev–Trinajstić information content (AvgIpc) is 2.19. The fraction of sp³-hybridized carbons (Fsp3) is 0.222. The van der Waals surface area contributed by atoms with E-state index >= 15 is 0 Å². The zero-order chi connectivity index (χ0) is 10.7. The van der Waals surface area contributed by atoms with E-state index in [1.54, 1.807) is 19.1 Å². The van der Waals surface area contributed by atoms with Crippen LogP contribution in [0.15, 0.2) is 12.1 Å². The minimum atomic E-state index is -0.605. The number of ether oxygens (including phenoxy) is 1. The number of methoxy groups -OCH3 is 1. The molecule has 0 aliphatic heterocycles. The van der Waals surface area contributed by atoms with Crippen molar-refractivity contribution in [2.75, 3.05) is 12.4 Å². The maximum atomic E-state index is 13.3. The fourth-order valence-corrected chi connectivity index (χ4v) is 1.64. The van der Waals surface area contributed by atoms with Gasteiger partial charge in [-0.05, 0) is 41.1 Å². The quantitative estimate of drug-likeness (QED) is 0.810. The van der Waals surface area contributed by atoms with Gasteiger partial charge in [-0.1, -0.05) is 6.07 Å². The number of carbonyl (C=O) groups is 1. The van der Waals surface area contributed by atoms with Gasteiger partial charge in [-0.25, -0.2) is 9.18 Å². The van der Waals surface area contributed by atoms with Gasteiger partial charge in [0.05, 0.1) is 16.4 Å². The summed E-state index contributed by atoms with van der Waals surface area (Å²) in [4.78, 5) is 10.9. The normalized spacial score (nSPS) is 9.71. The van der Waals surface area contributed by atoms with Crippen molar-refractivity contribution in [3.05, 3.63) is 27.1 Å². The fourth-order valence-electron chi connectivity index (χ4n) is 0.904. The maximum Gasteiger partial charge on any atom is 0.411 e. The lowest BCUT2D eigenvalue weighted by molar-refractivity contribution is 0.187. The van der Waals surface area contributed by atoms with E-state index in [0.29, 0.717) is 14.8 Å². The Balaban J connectivity index is 3.00. The summed E-state index contributed by atoms with van der Waals surface area (Å²) in [6, 6.07) is 3.24. The molecule has 1 rings (SSSR count). The number of hydrogen-bond acceptors (Lipinski definition) is 2. The molecule has 3 nitrogen and oxygen atoms in total. The van der Waals surface area contributed by atoms with Crippen molar-refractivity contribution >= 4 is 34.4 Å². The first kappa shape index (κ1) is 11.2. The molecule has 0 atom stereocenters. The second kappa shape index (κ2) is 4.59. The van der Waals surface area contributed by atoms with Crippen LogP contribution >= 0.6 is 22.6 Å². The van der Waals surface area contributed by atoms with Gasteiger partial charge in [-0.3, -0.25) is 5.32 Å². The van der Waals surface area contributed by atoms with E-state index in [1.807, 2.05) is 22.6 Å². The largest absolute Gasteiger partial charge is 0.453 e. The molecular weight excluding hydrogens is 300 g/mol. The molecule has 0 heterocycles. The molecule has 0 bridgehead atoms. The number of hydrogen-bond donors (Lipinski definition) is 1. The molecule has 0 radical (unpaired) electrons. The van der Waals surface area contributed by atoms with E-state index in [2.05, 4.69) is 10.1 Å². The standard InChI is InChI=1S/C9H9FINO2/c1-5-3-4-6(8(11)7(5)10)12-9(13)14-2/h3-4H,1-2H3,(H,12,13). The van der Waals surface area contributed by atoms with Crippen LogP contribution < -0.4 is 5.32 Å². The van der Waals surface area contributed by atoms with Crippen LogP contribution in [0.3, 0.4) is 0 Å². The summed E-state index contributed by atoms with van der Waals surface area (Å²) in [6.45, 7) is 1.67. The number of rotatable bonds is 1. The third-order valence-corrected chi connectivity index (χ3v) is 2.75. The van der Waals surface area contributed by atoms with Crippen LogP contribution in [0.1, 0.15) is 5.56 Å². The van der Waals surface area contributed by atoms with Crippen molar-refractivity contribution < 1.29 is 13.9 Å². The molecule has 0 fully saturated rings. The Kier molecular flexibility index (Phi) is 3.68. The summed E-state index contributed by atoms with van der Waals surface area (Å²) in [6.07, 6.45) is -0.605. The predicted octanol–water partition coefficient (Wildman–Crippen LogP) is 2.92. The first-order valence-electron chi connectivity index (χ1n) is 3.86. The summed E-state index contributed by atoms with van der Waals surface area (Å²) in [5.74, 6) is -0.320. The van der Waals surface area contributed by atoms with Crippen LogP contribution in [0.2, 0.25) is 0 Å². The SMILES string of the molecule is COC(=O)Nc1ccc(C)c(F)c1I. The Morgan fingerprint density at radius 3 is 2.79 bits per heavy atom. The van der Waals surface area contributed by atoms with E-state index in [4.69, 9.17) is 0 Å². The molecule has 1 aromatic carbocycles. The van der Waals surface area contributed by atoms with Gasteiger partial charge in [0.25, 0.3) is 0 Å². The molecule has 0 aliphatic rings. The number of halogens is 2. The van der Waals surface area contributed by atoms with E-state index in [1.165, 1.54) is 7.11 Å². The Morgan fingerprint density at radius 2 is 2.21 bits per heavy atom. The van der Waals surface area contributed by atoms with E-state index in [-0.39, 0.29) is 5.82 Å². The van der Waals surface area contributed by atoms with Crippen LogP contribution in [0, 0.1) is 16.3 Å². The molecule has 0 saturated heterocycles. The van der Waals surface area contributed by atoms with Crippen LogP contribution in [0.4, 0.5) is 14.9 Å². The summed E-state index contributed by atoms with van der Waals surface area (Å²) in [5, 5.41) is 2.42. The highest BCUT2D eigenvalue weighted by Crippen LogP contribution is 2.23. The third-order valence-electron chi connectivity index (χ3n) is 1.70. The van der Waals surface area contributed by atoms with E-state index in [9.17, 15) is 9.18 Å². The van der Waals surface area contributed by atoms with Crippen molar-refractivity contribution in [3.63, 3.8) is 0 Å². The highest BCUT2D eigenvalue weighted by Gasteiger charge is 2.10. The van der Waals surface area contributed by atoms with Crippen molar-refractivity contribution in [2.45, 2.75) is 6.92 Å². The van der Waals surface area contributed by atoms with Gasteiger partial charge in [0.1, 0.15) is 5.82 Å². The second-order valence-corrected chi connectivity index (χ2v) is 3.75. The van der Waals surface area contributed by atoms with Gasteiger partial charge < -0.3 is 4.74 Å². The molecule has 0 saturated carbocycles. The topological polar surface area (TPSA) is 38.3 Å². The highest BCUT2D eigenvalue weighted by molar-refractivity contribution is 14.1. The molecule has 0 aromatic heterocycles. The van der Waals surface area contributed by atoms with Crippen LogP contribution in [-0.2, 0) is 4.74 Å². The number of carbonyl (C=O) groups excluding carboxylic acids is 1. The maximum absolute atomic E-state index is 13.3. The number of nitrogens with one attached hydrogen (secondary N) is 1. The molecular formula is C9H9FINO2. The number of benzene rings is 1. The number of amides is 1. The van der Waals surface area contributed by atoms with E-state index in [0.717, 1.165) is 0 Å². The average molecular weight is 309 g/mol. The monoisotopic (exact) mass is 309 g/mol. The van der Waals surface area contributed by atoms with Gasteiger partial charge >= 0.3 is 6.09 Å². The smallest absolute Gasteiger partial charge is 0.411 e. The molecule has 0 unspecified atom stereocenters. The minimum Gasteiger partial charge on any atom is -0.453 e. The second-order valence-electron chi connectivity index (χ2n) is 2.67. The highest BCUT2D eigenvalue weighted by atomic mass is 127. The lowest BCUT2D eigenvalue weighted by Gasteiger charge is -2.07.